The van der Waals surface area contributed by atoms with Crippen LogP contribution in [-0.2, 0) is 11.2 Å². The molecule has 19 heavy (non-hydrogen) atoms. The fourth-order valence-electron chi connectivity index (χ4n) is 1.70. The van der Waals surface area contributed by atoms with Crippen molar-refractivity contribution in [3.05, 3.63) is 29.8 Å². The molecule has 3 N–H and O–H groups in total. The van der Waals surface area contributed by atoms with Crippen molar-refractivity contribution < 1.29 is 14.7 Å². The van der Waals surface area contributed by atoms with E-state index in [2.05, 4.69) is 17.6 Å². The normalized spacial score (nSPS) is 9.95. The van der Waals surface area contributed by atoms with E-state index in [4.69, 9.17) is 5.11 Å². The lowest BCUT2D eigenvalue weighted by Crippen LogP contribution is -2.30. The molecule has 0 aromatic heterocycles. The maximum absolute atomic E-state index is 11.6. The van der Waals surface area contributed by atoms with Gasteiger partial charge in [-0.1, -0.05) is 38.0 Å². The molecular weight excluding hydrogens is 244 g/mol. The van der Waals surface area contributed by atoms with Crippen LogP contribution in [0.2, 0.25) is 0 Å². The molecule has 0 aliphatic carbocycles. The van der Waals surface area contributed by atoms with Crippen LogP contribution >= 0.6 is 0 Å². The number of carboxylic acids is 1. The zero-order chi connectivity index (χ0) is 14.1. The highest BCUT2D eigenvalue weighted by Gasteiger charge is 2.08. The van der Waals surface area contributed by atoms with E-state index >= 15 is 0 Å². The van der Waals surface area contributed by atoms with Gasteiger partial charge in [0.25, 0.3) is 0 Å². The van der Waals surface area contributed by atoms with E-state index in [9.17, 15) is 9.59 Å². The van der Waals surface area contributed by atoms with Crippen LogP contribution < -0.4 is 10.6 Å². The van der Waals surface area contributed by atoms with Crippen LogP contribution in [0.25, 0.3) is 0 Å². The molecule has 5 heteroatoms. The lowest BCUT2D eigenvalue weighted by Gasteiger charge is -2.10. The third kappa shape index (κ3) is 5.90. The number of hydrogen-bond acceptors (Lipinski definition) is 2. The Hall–Kier alpha value is -2.04. The number of amides is 2. The molecule has 0 heterocycles. The Kier molecular flexibility index (Phi) is 6.43. The number of nitrogens with one attached hydrogen (secondary N) is 2. The molecule has 1 aromatic rings. The van der Waals surface area contributed by atoms with Gasteiger partial charge in [0.15, 0.2) is 0 Å². The number of hydrogen-bond donors (Lipinski definition) is 3. The summed E-state index contributed by atoms with van der Waals surface area (Å²) in [5.41, 5.74) is 1.14. The largest absolute Gasteiger partial charge is 0.481 e. The number of anilines is 1. The van der Waals surface area contributed by atoms with E-state index in [1.165, 1.54) is 0 Å². The molecule has 2 amide bonds. The minimum absolute atomic E-state index is 0.105. The molecule has 0 saturated heterocycles. The SMILES string of the molecule is CCCCCNC(=O)Nc1ccccc1CC(=O)O. The van der Waals surface area contributed by atoms with Crippen molar-refractivity contribution in [3.63, 3.8) is 0 Å². The fraction of sp³-hybridized carbons (Fsp3) is 0.429. The molecular formula is C14H20N2O3. The maximum Gasteiger partial charge on any atom is 0.319 e. The maximum atomic E-state index is 11.6. The molecule has 1 aromatic carbocycles. The zero-order valence-electron chi connectivity index (χ0n) is 11.1. The Balaban J connectivity index is 2.51. The molecule has 1 rings (SSSR count). The van der Waals surface area contributed by atoms with Gasteiger partial charge in [0.1, 0.15) is 0 Å². The van der Waals surface area contributed by atoms with Gasteiger partial charge in [0.2, 0.25) is 0 Å². The molecule has 0 aliphatic heterocycles. The average Bonchev–Trinajstić information content (AvgIpc) is 2.36. The first-order valence-electron chi connectivity index (χ1n) is 6.48. The van der Waals surface area contributed by atoms with Gasteiger partial charge in [-0.15, -0.1) is 0 Å². The van der Waals surface area contributed by atoms with Crippen LogP contribution in [0.4, 0.5) is 10.5 Å². The molecule has 0 fully saturated rings. The van der Waals surface area contributed by atoms with Crippen LogP contribution in [-0.4, -0.2) is 23.7 Å². The van der Waals surface area contributed by atoms with Crippen LogP contribution in [0.5, 0.6) is 0 Å². The van der Waals surface area contributed by atoms with Gasteiger partial charge < -0.3 is 15.7 Å². The molecule has 0 atom stereocenters. The number of rotatable bonds is 7. The first kappa shape index (κ1) is 15.0. The molecule has 104 valence electrons. The van der Waals surface area contributed by atoms with Crippen LogP contribution in [0.15, 0.2) is 24.3 Å². The van der Waals surface area contributed by atoms with Crippen molar-refractivity contribution in [1.82, 2.24) is 5.32 Å². The minimum Gasteiger partial charge on any atom is -0.481 e. The second-order valence-electron chi connectivity index (χ2n) is 4.32. The van der Waals surface area contributed by atoms with Crippen molar-refractivity contribution in [3.8, 4) is 0 Å². The number of aliphatic carboxylic acids is 1. The Bertz CT molecular complexity index is 432. The first-order chi connectivity index (χ1) is 9.13. The van der Waals surface area contributed by atoms with Crippen molar-refractivity contribution in [1.29, 1.82) is 0 Å². The Morgan fingerprint density at radius 2 is 1.95 bits per heavy atom. The molecule has 0 aliphatic rings. The average molecular weight is 264 g/mol. The van der Waals surface area contributed by atoms with Crippen LogP contribution in [0, 0.1) is 0 Å². The summed E-state index contributed by atoms with van der Waals surface area (Å²) in [7, 11) is 0. The van der Waals surface area contributed by atoms with E-state index < -0.39 is 5.97 Å². The summed E-state index contributed by atoms with van der Waals surface area (Å²) in [5.74, 6) is -0.919. The highest BCUT2D eigenvalue weighted by molar-refractivity contribution is 5.90. The highest BCUT2D eigenvalue weighted by atomic mass is 16.4. The van der Waals surface area contributed by atoms with Gasteiger partial charge in [-0.2, -0.15) is 0 Å². The predicted octanol–water partition coefficient (Wildman–Crippen LogP) is 2.63. The lowest BCUT2D eigenvalue weighted by molar-refractivity contribution is -0.136. The van der Waals surface area contributed by atoms with Gasteiger partial charge in [-0.05, 0) is 18.1 Å². The first-order valence-corrected chi connectivity index (χ1v) is 6.48. The second-order valence-corrected chi connectivity index (χ2v) is 4.32. The summed E-state index contributed by atoms with van der Waals surface area (Å²) in [4.78, 5) is 22.4. The lowest BCUT2D eigenvalue weighted by atomic mass is 10.1. The Morgan fingerprint density at radius 1 is 1.21 bits per heavy atom. The van der Waals surface area contributed by atoms with Crippen molar-refractivity contribution in [2.45, 2.75) is 32.6 Å². The third-order valence-electron chi connectivity index (χ3n) is 2.67. The predicted molar refractivity (Wildman–Crippen MR) is 74.3 cm³/mol. The Morgan fingerprint density at radius 3 is 2.63 bits per heavy atom. The number of benzene rings is 1. The third-order valence-corrected chi connectivity index (χ3v) is 2.67. The van der Waals surface area contributed by atoms with E-state index in [0.29, 0.717) is 17.8 Å². The summed E-state index contributed by atoms with van der Waals surface area (Å²) >= 11 is 0. The summed E-state index contributed by atoms with van der Waals surface area (Å²) in [5, 5.41) is 14.2. The number of urea groups is 1. The molecule has 0 radical (unpaired) electrons. The van der Waals surface area contributed by atoms with E-state index in [-0.39, 0.29) is 12.5 Å². The van der Waals surface area contributed by atoms with Gasteiger partial charge >= 0.3 is 12.0 Å². The van der Waals surface area contributed by atoms with E-state index in [1.54, 1.807) is 24.3 Å². The monoisotopic (exact) mass is 264 g/mol. The standard InChI is InChI=1S/C14H20N2O3/c1-2-3-6-9-15-14(19)16-12-8-5-4-7-11(12)10-13(17)18/h4-5,7-8H,2-3,6,9-10H2,1H3,(H,17,18)(H2,15,16,19). The van der Waals surface area contributed by atoms with Crippen LogP contribution in [0.3, 0.4) is 0 Å². The highest BCUT2D eigenvalue weighted by Crippen LogP contribution is 2.15. The summed E-state index contributed by atoms with van der Waals surface area (Å²) in [6, 6.07) is 6.61. The molecule has 0 unspecified atom stereocenters. The van der Waals surface area contributed by atoms with E-state index in [1.807, 2.05) is 0 Å². The van der Waals surface area contributed by atoms with Crippen LogP contribution in [0.1, 0.15) is 31.7 Å². The van der Waals surface area contributed by atoms with Gasteiger partial charge in [0.05, 0.1) is 6.42 Å². The van der Waals surface area contributed by atoms with Crippen molar-refractivity contribution in [2.24, 2.45) is 0 Å². The summed E-state index contributed by atoms with van der Waals surface area (Å²) in [6.45, 7) is 2.73. The smallest absolute Gasteiger partial charge is 0.319 e. The van der Waals surface area contributed by atoms with Gasteiger partial charge in [-0.25, -0.2) is 4.79 Å². The summed E-state index contributed by atoms with van der Waals surface area (Å²) in [6.07, 6.45) is 3.02. The Labute approximate surface area is 113 Å². The quantitative estimate of drug-likeness (QED) is 0.662. The fourth-order valence-corrected chi connectivity index (χ4v) is 1.70. The van der Waals surface area contributed by atoms with Gasteiger partial charge in [-0.3, -0.25) is 4.79 Å². The number of para-hydroxylation sites is 1. The number of carbonyl (C=O) groups is 2. The topological polar surface area (TPSA) is 78.4 Å². The molecule has 0 saturated carbocycles. The van der Waals surface area contributed by atoms with E-state index in [0.717, 1.165) is 19.3 Å². The number of carbonyl (C=O) groups excluding carboxylic acids is 1. The molecule has 5 nitrogen and oxygen atoms in total. The van der Waals surface area contributed by atoms with Gasteiger partial charge in [0, 0.05) is 12.2 Å². The van der Waals surface area contributed by atoms with Crippen molar-refractivity contribution >= 4 is 17.7 Å². The second kappa shape index (κ2) is 8.13. The molecule has 0 bridgehead atoms. The zero-order valence-corrected chi connectivity index (χ0v) is 11.1. The summed E-state index contributed by atoms with van der Waals surface area (Å²) < 4.78 is 0. The minimum atomic E-state index is -0.919. The van der Waals surface area contributed by atoms with Crippen molar-refractivity contribution in [2.75, 3.05) is 11.9 Å². The number of unbranched alkanes of at least 4 members (excludes halogenated alkanes) is 2. The molecule has 0 spiro atoms. The number of carboxylic acid groups (broad SMARTS) is 1.